The summed E-state index contributed by atoms with van der Waals surface area (Å²) >= 11 is 6.27. The first kappa shape index (κ1) is 21.7. The predicted octanol–water partition coefficient (Wildman–Crippen LogP) is 4.30. The molecule has 13 heteroatoms. The van der Waals surface area contributed by atoms with E-state index >= 15 is 0 Å². The molecule has 2 aromatic heterocycles. The molecule has 0 unspecified atom stereocenters. The zero-order valence-electron chi connectivity index (χ0n) is 17.6. The Labute approximate surface area is 190 Å². The van der Waals surface area contributed by atoms with Gasteiger partial charge in [0.15, 0.2) is 5.82 Å². The SMILES string of the molecule is Cc1nnc([C@]23C[C@H](C[C@@H](C(F)(F)F)C2)N3C(=O)Nc2ccc(Cl)c(-c3ncn(C)n3)c2)o1. The van der Waals surface area contributed by atoms with Crippen LogP contribution in [0, 0.1) is 12.8 Å². The predicted molar refractivity (Wildman–Crippen MR) is 110 cm³/mol. The number of aromatic nitrogens is 5. The second-order valence-corrected chi connectivity index (χ2v) is 8.84. The highest BCUT2D eigenvalue weighted by Gasteiger charge is 2.66. The minimum atomic E-state index is -4.37. The van der Waals surface area contributed by atoms with Crippen LogP contribution in [-0.2, 0) is 12.6 Å². The van der Waals surface area contributed by atoms with Gasteiger partial charge in [-0.3, -0.25) is 4.68 Å². The number of benzene rings is 1. The van der Waals surface area contributed by atoms with Crippen molar-refractivity contribution in [3.05, 3.63) is 41.3 Å². The lowest BCUT2D eigenvalue weighted by atomic mass is 9.63. The molecule has 3 heterocycles. The van der Waals surface area contributed by atoms with Gasteiger partial charge >= 0.3 is 12.2 Å². The Kier molecular flexibility index (Phi) is 4.89. The van der Waals surface area contributed by atoms with Gasteiger partial charge in [0.25, 0.3) is 0 Å². The van der Waals surface area contributed by atoms with Crippen molar-refractivity contribution >= 4 is 23.3 Å². The molecule has 3 aromatic rings. The molecule has 174 valence electrons. The van der Waals surface area contributed by atoms with Crippen LogP contribution in [0.5, 0.6) is 0 Å². The zero-order chi connectivity index (χ0) is 23.5. The first-order valence-electron chi connectivity index (χ1n) is 10.2. The number of rotatable bonds is 3. The summed E-state index contributed by atoms with van der Waals surface area (Å²) in [5.74, 6) is -0.924. The van der Waals surface area contributed by atoms with Crippen molar-refractivity contribution in [1.29, 1.82) is 0 Å². The van der Waals surface area contributed by atoms with Crippen LogP contribution in [0.3, 0.4) is 0 Å². The highest BCUT2D eigenvalue weighted by molar-refractivity contribution is 6.33. The summed E-state index contributed by atoms with van der Waals surface area (Å²) in [6, 6.07) is 3.67. The summed E-state index contributed by atoms with van der Waals surface area (Å²) < 4.78 is 47.6. The molecule has 2 fully saturated rings. The highest BCUT2D eigenvalue weighted by Crippen LogP contribution is 2.58. The Morgan fingerprint density at radius 2 is 2.09 bits per heavy atom. The molecule has 2 amide bonds. The summed E-state index contributed by atoms with van der Waals surface area (Å²) in [5.41, 5.74) is -0.383. The fourth-order valence-corrected chi connectivity index (χ4v) is 5.00. The number of carbonyl (C=O) groups is 1. The van der Waals surface area contributed by atoms with Crippen LogP contribution in [0.15, 0.2) is 28.9 Å². The van der Waals surface area contributed by atoms with Gasteiger partial charge in [0, 0.05) is 37.7 Å². The lowest BCUT2D eigenvalue weighted by molar-refractivity contribution is -0.229. The van der Waals surface area contributed by atoms with Crippen LogP contribution in [0.4, 0.5) is 23.7 Å². The molecule has 1 aromatic carbocycles. The Hall–Kier alpha value is -3.15. The number of anilines is 1. The van der Waals surface area contributed by atoms with Crippen molar-refractivity contribution in [1.82, 2.24) is 29.9 Å². The lowest BCUT2D eigenvalue weighted by Crippen LogP contribution is -2.71. The van der Waals surface area contributed by atoms with E-state index in [2.05, 4.69) is 25.6 Å². The molecular formula is C20H19ClF3N7O2. The average Bonchev–Trinajstić information content (AvgIpc) is 3.37. The summed E-state index contributed by atoms with van der Waals surface area (Å²) in [7, 11) is 1.71. The number of hydrogen-bond donors (Lipinski definition) is 1. The smallest absolute Gasteiger partial charge is 0.392 e. The lowest BCUT2D eigenvalue weighted by Gasteiger charge is -2.61. The number of likely N-dealkylation sites (tertiary alicyclic amines) is 1. The molecule has 1 saturated carbocycles. The van der Waals surface area contributed by atoms with Crippen molar-refractivity contribution in [2.45, 2.75) is 43.9 Å². The van der Waals surface area contributed by atoms with E-state index in [1.807, 2.05) is 0 Å². The molecule has 1 saturated heterocycles. The van der Waals surface area contributed by atoms with Gasteiger partial charge in [0.05, 0.1) is 10.9 Å². The second kappa shape index (κ2) is 7.44. The van der Waals surface area contributed by atoms with Crippen molar-refractivity contribution in [2.24, 2.45) is 13.0 Å². The number of halogens is 4. The van der Waals surface area contributed by atoms with E-state index in [9.17, 15) is 18.0 Å². The number of nitrogens with one attached hydrogen (secondary N) is 1. The summed E-state index contributed by atoms with van der Waals surface area (Å²) in [5, 5.41) is 15.1. The van der Waals surface area contributed by atoms with E-state index < -0.39 is 29.7 Å². The van der Waals surface area contributed by atoms with E-state index in [1.165, 1.54) is 15.9 Å². The van der Waals surface area contributed by atoms with Gasteiger partial charge < -0.3 is 14.6 Å². The fraction of sp³-hybridized carbons (Fsp3) is 0.450. The molecule has 2 aliphatic rings. The van der Waals surface area contributed by atoms with E-state index in [0.29, 0.717) is 28.5 Å². The van der Waals surface area contributed by atoms with Crippen LogP contribution in [-0.4, -0.2) is 48.1 Å². The number of piperidine rings is 1. The van der Waals surface area contributed by atoms with Gasteiger partial charge in [0.2, 0.25) is 11.8 Å². The first-order valence-corrected chi connectivity index (χ1v) is 10.6. The number of carbonyl (C=O) groups excluding carboxylic acids is 1. The van der Waals surface area contributed by atoms with Crippen molar-refractivity contribution in [2.75, 3.05) is 5.32 Å². The quantitative estimate of drug-likeness (QED) is 0.598. The van der Waals surface area contributed by atoms with Crippen molar-refractivity contribution in [3.63, 3.8) is 0 Å². The van der Waals surface area contributed by atoms with E-state index in [0.717, 1.165) is 0 Å². The standard InChI is InChI=1S/C20H19ClF3N7O2/c1-10-27-28-17(33-10)19-7-11(20(22,23)24)5-13(8-19)31(19)18(32)26-12-3-4-15(21)14(6-12)16-25-9-30(2)29-16/h3-4,6,9,11,13H,5,7-8H2,1-2H3,(H,26,32)/t11-,13+,19-/m1/s1. The second-order valence-electron chi connectivity index (χ2n) is 8.43. The largest absolute Gasteiger partial charge is 0.423 e. The van der Waals surface area contributed by atoms with Gasteiger partial charge in [-0.05, 0) is 31.0 Å². The molecule has 33 heavy (non-hydrogen) atoms. The molecule has 0 radical (unpaired) electrons. The average molecular weight is 482 g/mol. The van der Waals surface area contributed by atoms with E-state index in [-0.39, 0.29) is 24.6 Å². The number of aryl methyl sites for hydroxylation is 2. The third-order valence-corrected chi connectivity index (χ3v) is 6.53. The van der Waals surface area contributed by atoms with Crippen molar-refractivity contribution < 1.29 is 22.4 Å². The molecule has 0 spiro atoms. The number of amides is 2. The number of fused-ring (bicyclic) bond motifs is 2. The number of urea groups is 1. The van der Waals surface area contributed by atoms with Gasteiger partial charge in [-0.25, -0.2) is 9.78 Å². The summed E-state index contributed by atoms with van der Waals surface area (Å²) in [6.07, 6.45) is -3.02. The third-order valence-electron chi connectivity index (χ3n) is 6.20. The first-order chi connectivity index (χ1) is 15.6. The van der Waals surface area contributed by atoms with Gasteiger partial charge in [-0.2, -0.15) is 18.3 Å². The normalized spacial score (nSPS) is 24.5. The fourth-order valence-electron chi connectivity index (χ4n) is 4.80. The molecule has 3 atom stereocenters. The highest BCUT2D eigenvalue weighted by atomic mass is 35.5. The van der Waals surface area contributed by atoms with Gasteiger partial charge in [-0.15, -0.1) is 10.2 Å². The zero-order valence-corrected chi connectivity index (χ0v) is 18.4. The molecule has 1 aliphatic heterocycles. The Morgan fingerprint density at radius 1 is 1.30 bits per heavy atom. The van der Waals surface area contributed by atoms with E-state index in [4.69, 9.17) is 16.0 Å². The molecule has 9 nitrogen and oxygen atoms in total. The Morgan fingerprint density at radius 3 is 2.73 bits per heavy atom. The molecular weight excluding hydrogens is 463 g/mol. The van der Waals surface area contributed by atoms with Crippen molar-refractivity contribution in [3.8, 4) is 11.4 Å². The summed E-state index contributed by atoms with van der Waals surface area (Å²) in [6.45, 7) is 1.55. The molecule has 1 aliphatic carbocycles. The van der Waals surface area contributed by atoms with Gasteiger partial charge in [0.1, 0.15) is 11.9 Å². The van der Waals surface area contributed by atoms with Crippen LogP contribution >= 0.6 is 11.6 Å². The molecule has 2 bridgehead atoms. The minimum Gasteiger partial charge on any atom is -0.423 e. The third kappa shape index (κ3) is 3.62. The van der Waals surface area contributed by atoms with E-state index in [1.54, 1.807) is 32.2 Å². The number of alkyl halides is 3. The topological polar surface area (TPSA) is 102 Å². The van der Waals surface area contributed by atoms with Crippen LogP contribution < -0.4 is 5.32 Å². The Balaban J connectivity index is 1.44. The molecule has 5 rings (SSSR count). The maximum absolute atomic E-state index is 13.5. The Bertz CT molecular complexity index is 1230. The van der Waals surface area contributed by atoms with Gasteiger partial charge in [-0.1, -0.05) is 11.6 Å². The minimum absolute atomic E-state index is 0.0230. The number of nitrogens with zero attached hydrogens (tertiary/aromatic N) is 6. The van der Waals surface area contributed by atoms with Crippen LogP contribution in [0.1, 0.15) is 31.0 Å². The molecule has 1 N–H and O–H groups in total. The van der Waals surface area contributed by atoms with Crippen LogP contribution in [0.25, 0.3) is 11.4 Å². The maximum Gasteiger partial charge on any atom is 0.392 e. The summed E-state index contributed by atoms with van der Waals surface area (Å²) in [4.78, 5) is 18.8. The maximum atomic E-state index is 13.5. The number of hydrogen-bond acceptors (Lipinski definition) is 6. The monoisotopic (exact) mass is 481 g/mol. The van der Waals surface area contributed by atoms with Crippen LogP contribution in [0.2, 0.25) is 5.02 Å².